The van der Waals surface area contributed by atoms with Crippen LogP contribution >= 0.6 is 0 Å². The zero-order valence-electron chi connectivity index (χ0n) is 16.9. The molecule has 6 nitrogen and oxygen atoms in total. The Balaban J connectivity index is 1.27. The molecular weight excluding hydrogens is 381 g/mol. The first-order valence-electron chi connectivity index (χ1n) is 10.3. The summed E-state index contributed by atoms with van der Waals surface area (Å²) in [6, 6.07) is 16.1. The van der Waals surface area contributed by atoms with Crippen LogP contribution in [0.15, 0.2) is 60.8 Å². The van der Waals surface area contributed by atoms with Crippen LogP contribution < -0.4 is 5.32 Å². The van der Waals surface area contributed by atoms with Crippen LogP contribution in [0.5, 0.6) is 0 Å². The van der Waals surface area contributed by atoms with E-state index in [0.29, 0.717) is 12.2 Å². The first-order chi connectivity index (χ1) is 14.7. The van der Waals surface area contributed by atoms with Crippen LogP contribution in [-0.4, -0.2) is 58.4 Å². The molecule has 0 bridgehead atoms. The van der Waals surface area contributed by atoms with E-state index in [2.05, 4.69) is 25.1 Å². The van der Waals surface area contributed by atoms with Crippen molar-refractivity contribution in [2.24, 2.45) is 0 Å². The number of rotatable bonds is 6. The average molecular weight is 407 g/mol. The summed E-state index contributed by atoms with van der Waals surface area (Å²) in [5.74, 6) is 0.415. The minimum atomic E-state index is -0.354. The Hall–Kier alpha value is -3.03. The second-order valence-electron chi connectivity index (χ2n) is 7.59. The van der Waals surface area contributed by atoms with Crippen molar-refractivity contribution < 1.29 is 9.18 Å². The number of benzene rings is 2. The smallest absolute Gasteiger partial charge is 0.238 e. The van der Waals surface area contributed by atoms with Gasteiger partial charge in [0.25, 0.3) is 0 Å². The molecule has 0 spiro atoms. The molecule has 0 aliphatic carbocycles. The number of nitrogens with one attached hydrogen (secondary N) is 2. The molecule has 0 radical (unpaired) electrons. The molecule has 30 heavy (non-hydrogen) atoms. The minimum Gasteiger partial charge on any atom is -0.341 e. The molecule has 3 aromatic rings. The zero-order chi connectivity index (χ0) is 20.8. The second kappa shape index (κ2) is 9.65. The van der Waals surface area contributed by atoms with Crippen LogP contribution in [0.4, 0.5) is 10.1 Å². The number of hydrogen-bond donors (Lipinski definition) is 2. The van der Waals surface area contributed by atoms with Gasteiger partial charge in [-0.2, -0.15) is 0 Å². The number of carbonyl (C=O) groups is 1. The summed E-state index contributed by atoms with van der Waals surface area (Å²) in [6.45, 7) is 4.66. The summed E-state index contributed by atoms with van der Waals surface area (Å²) < 4.78 is 13.3. The maximum Gasteiger partial charge on any atom is 0.238 e. The molecular formula is C23H26FN5O. The van der Waals surface area contributed by atoms with Crippen molar-refractivity contribution in [2.45, 2.75) is 13.0 Å². The van der Waals surface area contributed by atoms with Crippen LogP contribution in [-0.2, 0) is 11.3 Å². The highest BCUT2D eigenvalue weighted by Crippen LogP contribution is 2.16. The fourth-order valence-corrected chi connectivity index (χ4v) is 3.73. The van der Waals surface area contributed by atoms with Crippen LogP contribution in [0.1, 0.15) is 12.1 Å². The van der Waals surface area contributed by atoms with Gasteiger partial charge < -0.3 is 10.3 Å². The van der Waals surface area contributed by atoms with Gasteiger partial charge in [-0.15, -0.1) is 0 Å². The lowest BCUT2D eigenvalue weighted by Gasteiger charge is -2.21. The van der Waals surface area contributed by atoms with E-state index >= 15 is 0 Å². The summed E-state index contributed by atoms with van der Waals surface area (Å²) in [5, 5.41) is 2.77. The highest BCUT2D eigenvalue weighted by Gasteiger charge is 2.18. The van der Waals surface area contributed by atoms with E-state index in [-0.39, 0.29) is 11.7 Å². The van der Waals surface area contributed by atoms with Gasteiger partial charge in [0.15, 0.2) is 0 Å². The van der Waals surface area contributed by atoms with E-state index in [9.17, 15) is 9.18 Å². The SMILES string of the molecule is O=C(CN1CCCN(Cc2cnc(-c3ccccc3)[nH]2)CC1)Nc1cccc(F)c1. The largest absolute Gasteiger partial charge is 0.341 e. The molecule has 1 amide bonds. The number of nitrogens with zero attached hydrogens (tertiary/aromatic N) is 3. The third-order valence-corrected chi connectivity index (χ3v) is 5.23. The topological polar surface area (TPSA) is 64.3 Å². The van der Waals surface area contributed by atoms with Gasteiger partial charge in [0.05, 0.1) is 6.54 Å². The van der Waals surface area contributed by atoms with E-state index in [4.69, 9.17) is 0 Å². The highest BCUT2D eigenvalue weighted by molar-refractivity contribution is 5.92. The van der Waals surface area contributed by atoms with Crippen molar-refractivity contribution in [2.75, 3.05) is 38.0 Å². The number of carbonyl (C=O) groups excluding carboxylic acids is 1. The minimum absolute atomic E-state index is 0.116. The Morgan fingerprint density at radius 3 is 2.67 bits per heavy atom. The van der Waals surface area contributed by atoms with Gasteiger partial charge in [-0.25, -0.2) is 9.37 Å². The first-order valence-corrected chi connectivity index (χ1v) is 10.3. The molecule has 1 aromatic heterocycles. The standard InChI is InChI=1S/C23H26FN5O/c24-19-8-4-9-20(14-19)26-22(30)17-29-11-5-10-28(12-13-29)16-21-15-25-23(27-21)18-6-2-1-3-7-18/h1-4,6-9,14-15H,5,10-13,16-17H2,(H,25,27)(H,26,30). The predicted octanol–water partition coefficient (Wildman–Crippen LogP) is 3.36. The van der Waals surface area contributed by atoms with Gasteiger partial charge >= 0.3 is 0 Å². The molecule has 4 rings (SSSR count). The molecule has 7 heteroatoms. The van der Waals surface area contributed by atoms with E-state index in [1.165, 1.54) is 12.1 Å². The number of imidazole rings is 1. The summed E-state index contributed by atoms with van der Waals surface area (Å²) >= 11 is 0. The van der Waals surface area contributed by atoms with Crippen molar-refractivity contribution in [3.05, 3.63) is 72.3 Å². The van der Waals surface area contributed by atoms with Crippen LogP contribution in [0.2, 0.25) is 0 Å². The fraction of sp³-hybridized carbons (Fsp3) is 0.304. The molecule has 1 fully saturated rings. The molecule has 2 heterocycles. The highest BCUT2D eigenvalue weighted by atomic mass is 19.1. The number of H-pyrrole nitrogens is 1. The predicted molar refractivity (Wildman–Crippen MR) is 115 cm³/mol. The summed E-state index contributed by atoms with van der Waals surface area (Å²) in [6.07, 6.45) is 2.89. The lowest BCUT2D eigenvalue weighted by molar-refractivity contribution is -0.117. The first kappa shape index (κ1) is 20.3. The van der Waals surface area contributed by atoms with Gasteiger partial charge in [-0.3, -0.25) is 14.6 Å². The Morgan fingerprint density at radius 1 is 1.03 bits per heavy atom. The molecule has 0 saturated carbocycles. The maximum absolute atomic E-state index is 13.3. The van der Waals surface area contributed by atoms with E-state index in [0.717, 1.165) is 56.2 Å². The van der Waals surface area contributed by atoms with Gasteiger partial charge in [0, 0.05) is 42.8 Å². The van der Waals surface area contributed by atoms with Crippen LogP contribution in [0, 0.1) is 5.82 Å². The van der Waals surface area contributed by atoms with Crippen molar-refractivity contribution in [3.63, 3.8) is 0 Å². The molecule has 156 valence electrons. The normalized spacial score (nSPS) is 15.6. The van der Waals surface area contributed by atoms with Crippen molar-refractivity contribution in [1.29, 1.82) is 0 Å². The molecule has 2 aromatic carbocycles. The quantitative estimate of drug-likeness (QED) is 0.658. The second-order valence-corrected chi connectivity index (χ2v) is 7.59. The number of aromatic amines is 1. The lowest BCUT2D eigenvalue weighted by atomic mass is 10.2. The fourth-order valence-electron chi connectivity index (χ4n) is 3.73. The summed E-state index contributed by atoms with van der Waals surface area (Å²) in [5.41, 5.74) is 2.66. The Kier molecular flexibility index (Phi) is 6.51. The third kappa shape index (κ3) is 5.52. The molecule has 1 aliphatic heterocycles. The number of aromatic nitrogens is 2. The summed E-state index contributed by atoms with van der Waals surface area (Å²) in [4.78, 5) is 24.8. The molecule has 0 unspecified atom stereocenters. The third-order valence-electron chi connectivity index (χ3n) is 5.23. The van der Waals surface area contributed by atoms with E-state index in [1.54, 1.807) is 12.1 Å². The van der Waals surface area contributed by atoms with Crippen LogP contribution in [0.3, 0.4) is 0 Å². The van der Waals surface area contributed by atoms with Crippen LogP contribution in [0.25, 0.3) is 11.4 Å². The zero-order valence-corrected chi connectivity index (χ0v) is 16.9. The Morgan fingerprint density at radius 2 is 1.83 bits per heavy atom. The summed E-state index contributed by atoms with van der Waals surface area (Å²) in [7, 11) is 0. The molecule has 1 saturated heterocycles. The van der Waals surface area contributed by atoms with E-state index < -0.39 is 0 Å². The lowest BCUT2D eigenvalue weighted by Crippen LogP contribution is -2.36. The molecule has 2 N–H and O–H groups in total. The number of amides is 1. The van der Waals surface area contributed by atoms with Crippen molar-refractivity contribution in [3.8, 4) is 11.4 Å². The van der Waals surface area contributed by atoms with E-state index in [1.807, 2.05) is 36.5 Å². The van der Waals surface area contributed by atoms with Gasteiger partial charge in [0.1, 0.15) is 11.6 Å². The number of hydrogen-bond acceptors (Lipinski definition) is 4. The van der Waals surface area contributed by atoms with Gasteiger partial charge in [0.2, 0.25) is 5.91 Å². The van der Waals surface area contributed by atoms with Crippen molar-refractivity contribution >= 4 is 11.6 Å². The monoisotopic (exact) mass is 407 g/mol. The number of anilines is 1. The van der Waals surface area contributed by atoms with Gasteiger partial charge in [-0.05, 0) is 37.7 Å². The average Bonchev–Trinajstić information content (AvgIpc) is 3.10. The molecule has 0 atom stereocenters. The Bertz CT molecular complexity index is 974. The Labute approximate surface area is 175 Å². The van der Waals surface area contributed by atoms with Gasteiger partial charge in [-0.1, -0.05) is 36.4 Å². The molecule has 1 aliphatic rings. The maximum atomic E-state index is 13.3. The number of halogens is 1. The van der Waals surface area contributed by atoms with Crippen molar-refractivity contribution in [1.82, 2.24) is 19.8 Å².